The Morgan fingerprint density at radius 1 is 1.58 bits per heavy atom. The highest BCUT2D eigenvalue weighted by molar-refractivity contribution is 5.93. The van der Waals surface area contributed by atoms with Crippen LogP contribution >= 0.6 is 0 Å². The van der Waals surface area contributed by atoms with Crippen molar-refractivity contribution in [3.05, 3.63) is 24.4 Å². The van der Waals surface area contributed by atoms with Gasteiger partial charge in [0.15, 0.2) is 5.78 Å². The Morgan fingerprint density at radius 2 is 2.33 bits per heavy atom. The van der Waals surface area contributed by atoms with Gasteiger partial charge in [0.25, 0.3) is 0 Å². The first-order valence-electron chi connectivity index (χ1n) is 3.89. The fraction of sp³-hybridized carbons (Fsp3) is 0.333. The van der Waals surface area contributed by atoms with E-state index in [4.69, 9.17) is 0 Å². The molecule has 1 rings (SSSR count). The Morgan fingerprint density at radius 3 is 2.92 bits per heavy atom. The van der Waals surface area contributed by atoms with Crippen LogP contribution in [0.1, 0.15) is 19.3 Å². The van der Waals surface area contributed by atoms with Crippen LogP contribution < -0.4 is 5.32 Å². The van der Waals surface area contributed by atoms with Gasteiger partial charge in [0.1, 0.15) is 0 Å². The maximum Gasteiger partial charge on any atom is 0.247 e. The van der Waals surface area contributed by atoms with Crippen LogP contribution in [0.25, 0.3) is 0 Å². The second-order valence-corrected chi connectivity index (χ2v) is 2.68. The van der Waals surface area contributed by atoms with Crippen molar-refractivity contribution < 1.29 is 9.59 Å². The molecule has 0 heterocycles. The van der Waals surface area contributed by atoms with Crippen molar-refractivity contribution in [2.75, 3.05) is 0 Å². The third-order valence-electron chi connectivity index (χ3n) is 1.67. The zero-order chi connectivity index (χ0) is 8.97. The topological polar surface area (TPSA) is 46.2 Å². The summed E-state index contributed by atoms with van der Waals surface area (Å²) in [6, 6.07) is 0. The molecule has 3 nitrogen and oxygen atoms in total. The first-order valence-corrected chi connectivity index (χ1v) is 3.89. The number of carbonyl (C=O) groups is 2. The molecule has 0 aromatic rings. The number of allylic oxidation sites excluding steroid dienone is 2. The number of hydrogen-bond donors (Lipinski definition) is 1. The summed E-state index contributed by atoms with van der Waals surface area (Å²) < 4.78 is 0. The van der Waals surface area contributed by atoms with E-state index in [1.54, 1.807) is 0 Å². The normalized spacial score (nSPS) is 16.7. The molecule has 0 saturated heterocycles. The van der Waals surface area contributed by atoms with E-state index in [-0.39, 0.29) is 11.7 Å². The van der Waals surface area contributed by atoms with Crippen LogP contribution in [0.2, 0.25) is 0 Å². The van der Waals surface area contributed by atoms with Crippen molar-refractivity contribution in [3.8, 4) is 0 Å². The van der Waals surface area contributed by atoms with E-state index in [0.717, 1.165) is 12.8 Å². The minimum Gasteiger partial charge on any atom is -0.326 e. The number of ketones is 1. The van der Waals surface area contributed by atoms with Gasteiger partial charge in [-0.05, 0) is 18.9 Å². The molecule has 64 valence electrons. The Bertz CT molecular complexity index is 253. The molecule has 1 N–H and O–H groups in total. The van der Waals surface area contributed by atoms with Crippen LogP contribution in [0.4, 0.5) is 0 Å². The summed E-state index contributed by atoms with van der Waals surface area (Å²) in [5.74, 6) is -0.170. The van der Waals surface area contributed by atoms with Gasteiger partial charge < -0.3 is 5.32 Å². The van der Waals surface area contributed by atoms with Gasteiger partial charge in [-0.2, -0.15) is 0 Å². The summed E-state index contributed by atoms with van der Waals surface area (Å²) in [7, 11) is 0. The molecule has 0 aliphatic heterocycles. The first kappa shape index (κ1) is 8.71. The summed E-state index contributed by atoms with van der Waals surface area (Å²) >= 11 is 0. The maximum absolute atomic E-state index is 10.9. The summed E-state index contributed by atoms with van der Waals surface area (Å²) in [5, 5.41) is 2.58. The molecular weight excluding hydrogens is 154 g/mol. The zero-order valence-corrected chi connectivity index (χ0v) is 6.80. The third kappa shape index (κ3) is 2.34. The van der Waals surface area contributed by atoms with Crippen LogP contribution in [-0.4, -0.2) is 11.7 Å². The van der Waals surface area contributed by atoms with Crippen LogP contribution in [0, 0.1) is 0 Å². The highest BCUT2D eigenvalue weighted by Crippen LogP contribution is 2.12. The van der Waals surface area contributed by atoms with Crippen molar-refractivity contribution in [1.82, 2.24) is 5.32 Å². The number of rotatable bonds is 2. The smallest absolute Gasteiger partial charge is 0.247 e. The predicted molar refractivity (Wildman–Crippen MR) is 45.3 cm³/mol. The van der Waals surface area contributed by atoms with Crippen molar-refractivity contribution in [3.63, 3.8) is 0 Å². The van der Waals surface area contributed by atoms with E-state index in [1.165, 1.54) is 12.2 Å². The lowest BCUT2D eigenvalue weighted by Gasteiger charge is -2.11. The molecule has 0 atom stereocenters. The number of amides is 1. The number of nitrogens with one attached hydrogen (secondary N) is 1. The molecule has 3 heteroatoms. The average molecular weight is 165 g/mol. The monoisotopic (exact) mass is 165 g/mol. The SMILES string of the molecule is C=CC(=O)NC1=CC(=O)CCC1. The minimum atomic E-state index is -0.254. The van der Waals surface area contributed by atoms with Gasteiger partial charge in [-0.15, -0.1) is 0 Å². The molecule has 0 radical (unpaired) electrons. The third-order valence-corrected chi connectivity index (χ3v) is 1.67. The second kappa shape index (κ2) is 3.85. The fourth-order valence-electron chi connectivity index (χ4n) is 1.10. The molecule has 0 saturated carbocycles. The van der Waals surface area contributed by atoms with Crippen LogP contribution in [0.5, 0.6) is 0 Å². The number of carbonyl (C=O) groups excluding carboxylic acids is 2. The maximum atomic E-state index is 10.9. The molecule has 0 unspecified atom stereocenters. The highest BCUT2D eigenvalue weighted by atomic mass is 16.1. The summed E-state index contributed by atoms with van der Waals surface area (Å²) in [5.41, 5.74) is 0.705. The van der Waals surface area contributed by atoms with Gasteiger partial charge in [-0.25, -0.2) is 0 Å². The van der Waals surface area contributed by atoms with Crippen LogP contribution in [0.3, 0.4) is 0 Å². The molecule has 0 bridgehead atoms. The molecule has 12 heavy (non-hydrogen) atoms. The van der Waals surface area contributed by atoms with E-state index in [2.05, 4.69) is 11.9 Å². The van der Waals surface area contributed by atoms with Gasteiger partial charge in [-0.3, -0.25) is 9.59 Å². The molecule has 1 aliphatic carbocycles. The zero-order valence-electron chi connectivity index (χ0n) is 6.80. The van der Waals surface area contributed by atoms with Crippen molar-refractivity contribution in [1.29, 1.82) is 0 Å². The van der Waals surface area contributed by atoms with E-state index in [0.29, 0.717) is 12.1 Å². The lowest BCUT2D eigenvalue weighted by atomic mass is 10.0. The van der Waals surface area contributed by atoms with Crippen LogP contribution in [-0.2, 0) is 9.59 Å². The largest absolute Gasteiger partial charge is 0.326 e. The molecule has 0 fully saturated rings. The van der Waals surface area contributed by atoms with Gasteiger partial charge in [0, 0.05) is 18.2 Å². The van der Waals surface area contributed by atoms with Crippen molar-refractivity contribution in [2.45, 2.75) is 19.3 Å². The quantitative estimate of drug-likeness (QED) is 0.618. The number of hydrogen-bond acceptors (Lipinski definition) is 2. The van der Waals surface area contributed by atoms with E-state index < -0.39 is 0 Å². The lowest BCUT2D eigenvalue weighted by molar-refractivity contribution is -0.115. The molecule has 0 aromatic carbocycles. The van der Waals surface area contributed by atoms with Crippen molar-refractivity contribution in [2.24, 2.45) is 0 Å². The first-order chi connectivity index (χ1) is 5.72. The van der Waals surface area contributed by atoms with E-state index in [1.807, 2.05) is 0 Å². The van der Waals surface area contributed by atoms with Gasteiger partial charge in [0.2, 0.25) is 5.91 Å². The van der Waals surface area contributed by atoms with Crippen LogP contribution in [0.15, 0.2) is 24.4 Å². The Hall–Kier alpha value is -1.38. The van der Waals surface area contributed by atoms with E-state index >= 15 is 0 Å². The summed E-state index contributed by atoms with van der Waals surface area (Å²) in [6.07, 6.45) is 4.87. The Labute approximate surface area is 71.1 Å². The van der Waals surface area contributed by atoms with E-state index in [9.17, 15) is 9.59 Å². The summed E-state index contributed by atoms with van der Waals surface area (Å²) in [4.78, 5) is 21.7. The standard InChI is InChI=1S/C9H11NO2/c1-2-9(12)10-7-4-3-5-8(11)6-7/h2,6H,1,3-5H2,(H,10,12). The highest BCUT2D eigenvalue weighted by Gasteiger charge is 2.10. The molecule has 1 aliphatic rings. The molecule has 0 spiro atoms. The van der Waals surface area contributed by atoms with Gasteiger partial charge in [0.05, 0.1) is 0 Å². The predicted octanol–water partition coefficient (Wildman–Crippen LogP) is 0.925. The molecular formula is C9H11NO2. The fourth-order valence-corrected chi connectivity index (χ4v) is 1.10. The second-order valence-electron chi connectivity index (χ2n) is 2.68. The molecule has 1 amide bonds. The molecule has 0 aromatic heterocycles. The average Bonchev–Trinajstić information content (AvgIpc) is 2.04. The Balaban J connectivity index is 2.56. The minimum absolute atomic E-state index is 0.0839. The lowest BCUT2D eigenvalue weighted by Crippen LogP contribution is -2.22. The van der Waals surface area contributed by atoms with Gasteiger partial charge in [-0.1, -0.05) is 6.58 Å². The Kier molecular flexibility index (Phi) is 2.80. The van der Waals surface area contributed by atoms with Gasteiger partial charge >= 0.3 is 0 Å². The summed E-state index contributed by atoms with van der Waals surface area (Å²) in [6.45, 7) is 3.32. The van der Waals surface area contributed by atoms with Crippen molar-refractivity contribution >= 4 is 11.7 Å².